The first-order chi connectivity index (χ1) is 15.6. The van der Waals surface area contributed by atoms with Gasteiger partial charge in [-0.25, -0.2) is 0 Å². The van der Waals surface area contributed by atoms with Gasteiger partial charge in [0.05, 0.1) is 11.0 Å². The molecule has 32 heavy (non-hydrogen) atoms. The Morgan fingerprint density at radius 1 is 0.938 bits per heavy atom. The fourth-order valence-corrected chi connectivity index (χ4v) is 8.67. The van der Waals surface area contributed by atoms with E-state index >= 15 is 0 Å². The van der Waals surface area contributed by atoms with Crippen molar-refractivity contribution >= 4 is 28.2 Å². The molecule has 0 saturated heterocycles. The minimum Gasteiger partial charge on any atom is -0.348 e. The Morgan fingerprint density at radius 2 is 1.59 bits per heavy atom. The molecule has 1 aromatic carbocycles. The maximum Gasteiger partial charge on any atom is 0.254 e. The molecule has 5 heteroatoms. The molecule has 1 aromatic heterocycles. The molecule has 0 radical (unpaired) electrons. The van der Waals surface area contributed by atoms with Gasteiger partial charge in [-0.05, 0) is 93.1 Å². The van der Waals surface area contributed by atoms with Crippen molar-refractivity contribution in [1.82, 2.24) is 5.32 Å². The lowest BCUT2D eigenvalue weighted by molar-refractivity contribution is -0.140. The normalized spacial score (nSPS) is 30.1. The summed E-state index contributed by atoms with van der Waals surface area (Å²) in [5.74, 6) is 2.34. The van der Waals surface area contributed by atoms with Crippen LogP contribution >= 0.6 is 11.3 Å². The summed E-state index contributed by atoms with van der Waals surface area (Å²) in [6.45, 7) is 0.507. The highest BCUT2D eigenvalue weighted by Crippen LogP contribution is 2.60. The Balaban J connectivity index is 1.26. The van der Waals surface area contributed by atoms with Crippen molar-refractivity contribution in [2.75, 3.05) is 5.32 Å². The van der Waals surface area contributed by atoms with Crippen LogP contribution in [-0.2, 0) is 24.2 Å². The molecule has 2 N–H and O–H groups in total. The van der Waals surface area contributed by atoms with Gasteiger partial charge in [0.1, 0.15) is 5.00 Å². The molecular formula is C27H32N2O2S. The lowest BCUT2D eigenvalue weighted by Crippen LogP contribution is -2.51. The van der Waals surface area contributed by atoms with E-state index in [0.717, 1.165) is 72.4 Å². The fourth-order valence-electron chi connectivity index (χ4n) is 7.39. The average molecular weight is 449 g/mol. The summed E-state index contributed by atoms with van der Waals surface area (Å²) in [6, 6.07) is 10.0. The third-order valence-electron chi connectivity index (χ3n) is 8.44. The predicted octanol–water partition coefficient (Wildman–Crippen LogP) is 5.71. The Kier molecular flexibility index (Phi) is 5.13. The molecule has 7 rings (SSSR count). The van der Waals surface area contributed by atoms with Gasteiger partial charge in [0.15, 0.2) is 0 Å². The van der Waals surface area contributed by atoms with Crippen molar-refractivity contribution in [3.63, 3.8) is 0 Å². The van der Waals surface area contributed by atoms with Crippen LogP contribution < -0.4 is 10.6 Å². The second kappa shape index (κ2) is 8.02. The van der Waals surface area contributed by atoms with E-state index in [9.17, 15) is 9.59 Å². The number of hydrogen-bond donors (Lipinski definition) is 2. The van der Waals surface area contributed by atoms with Crippen LogP contribution in [0.25, 0.3) is 0 Å². The standard InChI is InChI=1S/C27H32N2O2S/c30-24(28-16-17-6-2-1-3-7-17)23-21-8-4-5-9-22(21)32-25(23)29-26(31)27-13-18-10-19(14-27)12-20(11-18)15-27/h1-3,6-7,18-20H,4-5,8-16H2,(H,28,30)(H,29,31). The smallest absolute Gasteiger partial charge is 0.254 e. The molecule has 5 aliphatic rings. The number of thiophene rings is 1. The van der Waals surface area contributed by atoms with Gasteiger partial charge in [-0.15, -0.1) is 11.3 Å². The van der Waals surface area contributed by atoms with Gasteiger partial charge in [-0.2, -0.15) is 0 Å². The molecule has 4 nitrogen and oxygen atoms in total. The monoisotopic (exact) mass is 448 g/mol. The molecule has 4 bridgehead atoms. The van der Waals surface area contributed by atoms with E-state index in [1.807, 2.05) is 30.3 Å². The molecule has 0 unspecified atom stereocenters. The molecule has 2 aromatic rings. The number of rotatable bonds is 5. The lowest BCUT2D eigenvalue weighted by atomic mass is 9.49. The van der Waals surface area contributed by atoms with Crippen molar-refractivity contribution in [3.8, 4) is 0 Å². The highest BCUT2D eigenvalue weighted by molar-refractivity contribution is 7.17. The van der Waals surface area contributed by atoms with Gasteiger partial charge in [0.25, 0.3) is 5.91 Å². The number of carbonyl (C=O) groups excluding carboxylic acids is 2. The first-order valence-electron chi connectivity index (χ1n) is 12.4. The summed E-state index contributed by atoms with van der Waals surface area (Å²) < 4.78 is 0. The number of hydrogen-bond acceptors (Lipinski definition) is 3. The molecule has 0 spiro atoms. The number of amides is 2. The topological polar surface area (TPSA) is 58.2 Å². The molecule has 4 fully saturated rings. The van der Waals surface area contributed by atoms with Crippen LogP contribution in [0.5, 0.6) is 0 Å². The maximum absolute atomic E-state index is 13.7. The van der Waals surface area contributed by atoms with Crippen LogP contribution in [-0.4, -0.2) is 11.8 Å². The highest BCUT2D eigenvalue weighted by atomic mass is 32.1. The molecule has 0 atom stereocenters. The number of anilines is 1. The lowest BCUT2D eigenvalue weighted by Gasteiger charge is -2.55. The van der Waals surface area contributed by atoms with Crippen molar-refractivity contribution in [1.29, 1.82) is 0 Å². The Labute approximate surface area is 194 Å². The first-order valence-corrected chi connectivity index (χ1v) is 13.2. The summed E-state index contributed by atoms with van der Waals surface area (Å²) in [7, 11) is 0. The van der Waals surface area contributed by atoms with Gasteiger partial charge in [-0.1, -0.05) is 30.3 Å². The van der Waals surface area contributed by atoms with E-state index in [1.54, 1.807) is 11.3 Å². The minimum absolute atomic E-state index is 0.0472. The molecule has 168 valence electrons. The Bertz CT molecular complexity index is 1010. The van der Waals surface area contributed by atoms with Gasteiger partial charge >= 0.3 is 0 Å². The molecule has 0 aliphatic heterocycles. The number of nitrogens with one attached hydrogen (secondary N) is 2. The van der Waals surface area contributed by atoms with E-state index in [0.29, 0.717) is 6.54 Å². The van der Waals surface area contributed by atoms with Crippen LogP contribution in [0.15, 0.2) is 30.3 Å². The van der Waals surface area contributed by atoms with Crippen LogP contribution in [0.3, 0.4) is 0 Å². The molecule has 2 amide bonds. The quantitative estimate of drug-likeness (QED) is 0.615. The zero-order chi connectivity index (χ0) is 21.7. The van der Waals surface area contributed by atoms with E-state index in [2.05, 4.69) is 10.6 Å². The summed E-state index contributed by atoms with van der Waals surface area (Å²) in [4.78, 5) is 28.3. The number of aryl methyl sites for hydroxylation is 1. The van der Waals surface area contributed by atoms with Crippen molar-refractivity contribution in [3.05, 3.63) is 51.9 Å². The molecule has 5 aliphatic carbocycles. The van der Waals surface area contributed by atoms with Gasteiger partial charge in [-0.3, -0.25) is 9.59 Å². The number of fused-ring (bicyclic) bond motifs is 1. The second-order valence-electron chi connectivity index (χ2n) is 10.7. The Morgan fingerprint density at radius 3 is 2.28 bits per heavy atom. The van der Waals surface area contributed by atoms with E-state index < -0.39 is 0 Å². The fraction of sp³-hybridized carbons (Fsp3) is 0.556. The van der Waals surface area contributed by atoms with Crippen LogP contribution in [0.4, 0.5) is 5.00 Å². The zero-order valence-electron chi connectivity index (χ0n) is 18.6. The Hall–Kier alpha value is -2.14. The van der Waals surface area contributed by atoms with Gasteiger partial charge in [0, 0.05) is 11.4 Å². The summed E-state index contributed by atoms with van der Waals surface area (Å²) in [5.41, 5.74) is 2.80. The van der Waals surface area contributed by atoms with E-state index in [-0.39, 0.29) is 17.2 Å². The number of carbonyl (C=O) groups is 2. The summed E-state index contributed by atoms with van der Waals surface area (Å²) in [5, 5.41) is 7.23. The molecular weight excluding hydrogens is 416 g/mol. The zero-order valence-corrected chi connectivity index (χ0v) is 19.4. The minimum atomic E-state index is -0.197. The van der Waals surface area contributed by atoms with Gasteiger partial charge in [0.2, 0.25) is 5.91 Å². The van der Waals surface area contributed by atoms with Crippen LogP contribution in [0.2, 0.25) is 0 Å². The average Bonchev–Trinajstić information content (AvgIpc) is 3.15. The molecule has 1 heterocycles. The second-order valence-corrected chi connectivity index (χ2v) is 11.8. The maximum atomic E-state index is 13.7. The predicted molar refractivity (Wildman–Crippen MR) is 128 cm³/mol. The SMILES string of the molecule is O=C(NCc1ccccc1)c1c(NC(=O)C23CC4CC(CC(C4)C2)C3)sc2c1CCCC2. The van der Waals surface area contributed by atoms with Crippen molar-refractivity contribution in [2.45, 2.75) is 70.8 Å². The van der Waals surface area contributed by atoms with E-state index in [1.165, 1.54) is 36.1 Å². The third kappa shape index (κ3) is 3.59. The number of benzene rings is 1. The summed E-state index contributed by atoms with van der Waals surface area (Å²) in [6.07, 6.45) is 11.4. The largest absolute Gasteiger partial charge is 0.348 e. The van der Waals surface area contributed by atoms with Crippen molar-refractivity contribution in [2.24, 2.45) is 23.2 Å². The molecule has 4 saturated carbocycles. The van der Waals surface area contributed by atoms with Crippen LogP contribution in [0, 0.1) is 23.2 Å². The van der Waals surface area contributed by atoms with E-state index in [4.69, 9.17) is 0 Å². The third-order valence-corrected chi connectivity index (χ3v) is 9.65. The summed E-state index contributed by atoms with van der Waals surface area (Å²) >= 11 is 1.65. The van der Waals surface area contributed by atoms with Crippen molar-refractivity contribution < 1.29 is 9.59 Å². The van der Waals surface area contributed by atoms with Gasteiger partial charge < -0.3 is 10.6 Å². The van der Waals surface area contributed by atoms with Crippen LogP contribution in [0.1, 0.15) is 77.7 Å². The highest BCUT2D eigenvalue weighted by Gasteiger charge is 2.54. The first kappa shape index (κ1) is 20.5.